The van der Waals surface area contributed by atoms with E-state index in [1.165, 1.54) is 4.88 Å². The molecular formula is C15H15N3OS. The molecule has 1 aromatic carbocycles. The molecule has 0 saturated heterocycles. The minimum absolute atomic E-state index is 0.00720. The molecule has 0 atom stereocenters. The van der Waals surface area contributed by atoms with Gasteiger partial charge in [-0.15, -0.1) is 11.3 Å². The van der Waals surface area contributed by atoms with Crippen molar-refractivity contribution in [1.29, 1.82) is 0 Å². The van der Waals surface area contributed by atoms with Crippen LogP contribution in [0.5, 0.6) is 0 Å². The Morgan fingerprint density at radius 1 is 1.35 bits per heavy atom. The van der Waals surface area contributed by atoms with E-state index in [1.807, 2.05) is 36.7 Å². The SMILES string of the molecule is Cc1ncsc1CNc1cc(=O)n(C)c2ccccc12. The monoisotopic (exact) mass is 285 g/mol. The van der Waals surface area contributed by atoms with Crippen LogP contribution in [0.25, 0.3) is 10.9 Å². The largest absolute Gasteiger partial charge is 0.379 e. The van der Waals surface area contributed by atoms with Crippen molar-refractivity contribution in [2.24, 2.45) is 7.05 Å². The lowest BCUT2D eigenvalue weighted by Crippen LogP contribution is -2.17. The van der Waals surface area contributed by atoms with E-state index in [0.29, 0.717) is 6.54 Å². The standard InChI is InChI=1S/C15H15N3OS/c1-10-14(20-9-17-10)8-16-12-7-15(19)18(2)13-6-4-3-5-11(12)13/h3-7,9,16H,8H2,1-2H3. The third-order valence-corrected chi connectivity index (χ3v) is 4.37. The maximum absolute atomic E-state index is 12.0. The number of hydrogen-bond donors (Lipinski definition) is 1. The molecule has 3 aromatic rings. The van der Waals surface area contributed by atoms with Gasteiger partial charge in [0.2, 0.25) is 0 Å². The number of thiazole rings is 1. The maximum atomic E-state index is 12.0. The second-order valence-electron chi connectivity index (χ2n) is 4.69. The van der Waals surface area contributed by atoms with Crippen LogP contribution in [0.2, 0.25) is 0 Å². The Labute approximate surface area is 120 Å². The first-order chi connectivity index (χ1) is 9.66. The number of anilines is 1. The Balaban J connectivity index is 2.01. The van der Waals surface area contributed by atoms with Crippen molar-refractivity contribution in [1.82, 2.24) is 9.55 Å². The average molecular weight is 285 g/mol. The van der Waals surface area contributed by atoms with Crippen molar-refractivity contribution in [3.05, 3.63) is 56.8 Å². The molecule has 0 amide bonds. The van der Waals surface area contributed by atoms with Gasteiger partial charge in [0.05, 0.1) is 23.3 Å². The lowest BCUT2D eigenvalue weighted by atomic mass is 10.2. The lowest BCUT2D eigenvalue weighted by molar-refractivity contribution is 0.905. The molecule has 0 aliphatic carbocycles. The summed E-state index contributed by atoms with van der Waals surface area (Å²) >= 11 is 1.62. The van der Waals surface area contributed by atoms with Crippen LogP contribution in [0.4, 0.5) is 5.69 Å². The molecule has 1 N–H and O–H groups in total. The second-order valence-corrected chi connectivity index (χ2v) is 5.63. The fourth-order valence-corrected chi connectivity index (χ4v) is 2.95. The smallest absolute Gasteiger partial charge is 0.252 e. The lowest BCUT2D eigenvalue weighted by Gasteiger charge is -2.11. The molecular weight excluding hydrogens is 270 g/mol. The van der Waals surface area contributed by atoms with Gasteiger partial charge in [-0.25, -0.2) is 4.98 Å². The molecule has 0 saturated carbocycles. The minimum atomic E-state index is -0.00720. The molecule has 0 aliphatic rings. The molecule has 20 heavy (non-hydrogen) atoms. The van der Waals surface area contributed by atoms with Crippen molar-refractivity contribution in [2.75, 3.05) is 5.32 Å². The van der Waals surface area contributed by atoms with Gasteiger partial charge in [0.25, 0.3) is 5.56 Å². The molecule has 0 fully saturated rings. The topological polar surface area (TPSA) is 46.9 Å². The van der Waals surface area contributed by atoms with Crippen molar-refractivity contribution in [2.45, 2.75) is 13.5 Å². The van der Waals surface area contributed by atoms with E-state index in [9.17, 15) is 4.79 Å². The molecule has 102 valence electrons. The molecule has 4 nitrogen and oxygen atoms in total. The molecule has 0 unspecified atom stereocenters. The van der Waals surface area contributed by atoms with Crippen molar-refractivity contribution < 1.29 is 0 Å². The Hall–Kier alpha value is -2.14. The number of nitrogens with zero attached hydrogens (tertiary/aromatic N) is 2. The van der Waals surface area contributed by atoms with Crippen LogP contribution < -0.4 is 10.9 Å². The summed E-state index contributed by atoms with van der Waals surface area (Å²) < 4.78 is 1.67. The molecule has 0 aliphatic heterocycles. The zero-order valence-electron chi connectivity index (χ0n) is 11.4. The number of nitrogens with one attached hydrogen (secondary N) is 1. The summed E-state index contributed by atoms with van der Waals surface area (Å²) in [6.45, 7) is 2.68. The van der Waals surface area contributed by atoms with Crippen molar-refractivity contribution in [3.8, 4) is 0 Å². The molecule has 0 bridgehead atoms. The van der Waals surface area contributed by atoms with Gasteiger partial charge in [0, 0.05) is 29.1 Å². The Morgan fingerprint density at radius 3 is 2.90 bits per heavy atom. The summed E-state index contributed by atoms with van der Waals surface area (Å²) in [5.41, 5.74) is 4.68. The Bertz CT molecular complexity index is 819. The average Bonchev–Trinajstić information content (AvgIpc) is 2.87. The fourth-order valence-electron chi connectivity index (χ4n) is 2.23. The van der Waals surface area contributed by atoms with Crippen molar-refractivity contribution >= 4 is 27.9 Å². The number of aromatic nitrogens is 2. The van der Waals surface area contributed by atoms with Crippen LogP contribution in [0.3, 0.4) is 0 Å². The number of rotatable bonds is 3. The second kappa shape index (κ2) is 5.09. The first-order valence-electron chi connectivity index (χ1n) is 6.38. The number of fused-ring (bicyclic) bond motifs is 1. The van der Waals surface area contributed by atoms with Gasteiger partial charge >= 0.3 is 0 Å². The van der Waals surface area contributed by atoms with E-state index in [2.05, 4.69) is 10.3 Å². The summed E-state index contributed by atoms with van der Waals surface area (Å²) in [7, 11) is 1.79. The van der Waals surface area contributed by atoms with E-state index >= 15 is 0 Å². The van der Waals surface area contributed by atoms with Crippen LogP contribution in [0, 0.1) is 6.92 Å². The molecule has 3 rings (SSSR count). The van der Waals surface area contributed by atoms with E-state index in [4.69, 9.17) is 0 Å². The normalized spacial score (nSPS) is 10.9. The van der Waals surface area contributed by atoms with Gasteiger partial charge in [-0.1, -0.05) is 18.2 Å². The number of benzene rings is 1. The minimum Gasteiger partial charge on any atom is -0.379 e. The quantitative estimate of drug-likeness (QED) is 0.805. The maximum Gasteiger partial charge on any atom is 0.252 e. The Morgan fingerprint density at radius 2 is 2.15 bits per heavy atom. The van der Waals surface area contributed by atoms with E-state index in [-0.39, 0.29) is 5.56 Å². The van der Waals surface area contributed by atoms with E-state index < -0.39 is 0 Å². The molecule has 5 heteroatoms. The third-order valence-electron chi connectivity index (χ3n) is 3.44. The number of pyridine rings is 1. The van der Waals surface area contributed by atoms with Crippen LogP contribution in [0.1, 0.15) is 10.6 Å². The van der Waals surface area contributed by atoms with Gasteiger partial charge in [-0.3, -0.25) is 4.79 Å². The highest BCUT2D eigenvalue weighted by Gasteiger charge is 2.07. The highest BCUT2D eigenvalue weighted by Crippen LogP contribution is 2.22. The molecule has 2 aromatic heterocycles. The summed E-state index contributed by atoms with van der Waals surface area (Å²) in [6.07, 6.45) is 0. The van der Waals surface area contributed by atoms with Gasteiger partial charge in [-0.2, -0.15) is 0 Å². The predicted molar refractivity (Wildman–Crippen MR) is 83.4 cm³/mol. The van der Waals surface area contributed by atoms with E-state index in [0.717, 1.165) is 22.3 Å². The molecule has 0 radical (unpaired) electrons. The Kier molecular flexibility index (Phi) is 3.28. The van der Waals surface area contributed by atoms with Gasteiger partial charge in [-0.05, 0) is 13.0 Å². The number of para-hydroxylation sites is 1. The molecule has 0 spiro atoms. The highest BCUT2D eigenvalue weighted by molar-refractivity contribution is 7.09. The summed E-state index contributed by atoms with van der Waals surface area (Å²) in [4.78, 5) is 17.4. The predicted octanol–water partition coefficient (Wildman–Crippen LogP) is 2.92. The third kappa shape index (κ3) is 2.20. The summed E-state index contributed by atoms with van der Waals surface area (Å²) in [5, 5.41) is 4.41. The fraction of sp³-hybridized carbons (Fsp3) is 0.200. The summed E-state index contributed by atoms with van der Waals surface area (Å²) in [6, 6.07) is 9.56. The summed E-state index contributed by atoms with van der Waals surface area (Å²) in [5.74, 6) is 0. The van der Waals surface area contributed by atoms with Crippen LogP contribution in [0.15, 0.2) is 40.6 Å². The van der Waals surface area contributed by atoms with Gasteiger partial charge < -0.3 is 9.88 Å². The molecule has 2 heterocycles. The zero-order valence-corrected chi connectivity index (χ0v) is 12.2. The first kappa shape index (κ1) is 12.9. The van der Waals surface area contributed by atoms with Crippen LogP contribution >= 0.6 is 11.3 Å². The first-order valence-corrected chi connectivity index (χ1v) is 7.26. The zero-order chi connectivity index (χ0) is 14.1. The van der Waals surface area contributed by atoms with E-state index in [1.54, 1.807) is 29.0 Å². The van der Waals surface area contributed by atoms with Gasteiger partial charge in [0.1, 0.15) is 0 Å². The van der Waals surface area contributed by atoms with Crippen molar-refractivity contribution in [3.63, 3.8) is 0 Å². The highest BCUT2D eigenvalue weighted by atomic mass is 32.1. The van der Waals surface area contributed by atoms with Gasteiger partial charge in [0.15, 0.2) is 0 Å². The van der Waals surface area contributed by atoms with Crippen LogP contribution in [-0.4, -0.2) is 9.55 Å². The number of hydrogen-bond acceptors (Lipinski definition) is 4. The number of aryl methyl sites for hydroxylation is 2. The van der Waals surface area contributed by atoms with Crippen LogP contribution in [-0.2, 0) is 13.6 Å².